The molecule has 2 aromatic rings. The van der Waals surface area contributed by atoms with E-state index in [0.29, 0.717) is 19.3 Å². The maximum atomic E-state index is 11.5. The van der Waals surface area contributed by atoms with Gasteiger partial charge in [-0.15, -0.1) is 11.6 Å². The second kappa shape index (κ2) is 12.5. The highest BCUT2D eigenvalue weighted by molar-refractivity contribution is 6.21. The number of methoxy groups -OCH3 is 1. The normalized spacial score (nSPS) is 23.4. The maximum Gasteiger partial charge on any atom is 0.305 e. The van der Waals surface area contributed by atoms with Gasteiger partial charge in [0.15, 0.2) is 0 Å². The molecule has 0 heterocycles. The summed E-state index contributed by atoms with van der Waals surface area (Å²) in [6.07, 6.45) is 5.48. The van der Waals surface area contributed by atoms with Crippen LogP contribution in [-0.2, 0) is 22.4 Å². The Morgan fingerprint density at radius 3 is 2.58 bits per heavy atom. The van der Waals surface area contributed by atoms with Crippen molar-refractivity contribution in [3.8, 4) is 0 Å². The molecule has 0 aliphatic heterocycles. The molecule has 0 saturated heterocycles. The smallest absolute Gasteiger partial charge is 0.305 e. The number of ether oxygens (including phenoxy) is 1. The molecule has 1 aliphatic carbocycles. The van der Waals surface area contributed by atoms with E-state index in [-0.39, 0.29) is 23.2 Å². The second-order valence-corrected chi connectivity index (χ2v) is 9.85. The number of benzene rings is 2. The first-order valence-corrected chi connectivity index (χ1v) is 12.6. The third-order valence-electron chi connectivity index (χ3n) is 6.90. The molecule has 5 heteroatoms. The maximum absolute atomic E-state index is 11.5. The van der Waals surface area contributed by atoms with Crippen molar-refractivity contribution in [1.82, 2.24) is 0 Å². The van der Waals surface area contributed by atoms with Crippen LogP contribution < -0.4 is 0 Å². The topological polar surface area (TPSA) is 66.8 Å². The fraction of sp³-hybridized carbons (Fsp3) is 0.536. The second-order valence-electron chi connectivity index (χ2n) is 9.29. The number of rotatable bonds is 11. The Morgan fingerprint density at radius 1 is 1.15 bits per heavy atom. The number of aryl methyl sites for hydroxylation is 1. The van der Waals surface area contributed by atoms with Gasteiger partial charge in [0, 0.05) is 17.7 Å². The van der Waals surface area contributed by atoms with Crippen molar-refractivity contribution in [2.24, 2.45) is 5.92 Å². The van der Waals surface area contributed by atoms with Crippen LogP contribution in [0.3, 0.4) is 0 Å². The van der Waals surface area contributed by atoms with E-state index in [4.69, 9.17) is 16.3 Å². The Balaban J connectivity index is 1.70. The first-order chi connectivity index (χ1) is 15.9. The molecule has 0 amide bonds. The lowest BCUT2D eigenvalue weighted by Crippen LogP contribution is -2.21. The molecule has 1 aliphatic rings. The summed E-state index contributed by atoms with van der Waals surface area (Å²) in [7, 11) is 1.41. The SMILES string of the molecule is CCCCCC(O)c1ccc([C@@H]2[C@@H](Cc3cccc(CCC(=O)OC)c3)[C@@H](Cl)C[C@H]2O)cc1. The summed E-state index contributed by atoms with van der Waals surface area (Å²) in [5, 5.41) is 21.2. The predicted octanol–water partition coefficient (Wildman–Crippen LogP) is 5.72. The first kappa shape index (κ1) is 25.7. The molecule has 5 atom stereocenters. The fourth-order valence-electron chi connectivity index (χ4n) is 5.01. The van der Waals surface area contributed by atoms with Gasteiger partial charge in [0.25, 0.3) is 0 Å². The van der Waals surface area contributed by atoms with Crippen LogP contribution in [0.2, 0.25) is 0 Å². The van der Waals surface area contributed by atoms with Crippen molar-refractivity contribution in [2.45, 2.75) is 81.8 Å². The van der Waals surface area contributed by atoms with Gasteiger partial charge in [0.05, 0.1) is 19.3 Å². The van der Waals surface area contributed by atoms with Gasteiger partial charge in [-0.05, 0) is 53.9 Å². The standard InChI is InChI=1S/C28H37ClO4/c1-3-4-5-9-25(30)21-11-13-22(14-12-21)28-23(24(29)18-26(28)31)17-20-8-6-7-19(16-20)10-15-27(32)33-2/h6-8,11-14,16,23-26,28,30-31H,3-5,9-10,15,17-18H2,1-2H3/t23-,24-,25?,26+,28+/m0/s1. The molecule has 4 nitrogen and oxygen atoms in total. The van der Waals surface area contributed by atoms with Crippen LogP contribution in [0.5, 0.6) is 0 Å². The number of aliphatic hydroxyl groups is 2. The van der Waals surface area contributed by atoms with E-state index in [9.17, 15) is 15.0 Å². The number of alkyl halides is 1. The highest BCUT2D eigenvalue weighted by Crippen LogP contribution is 2.44. The van der Waals surface area contributed by atoms with Crippen LogP contribution in [0.25, 0.3) is 0 Å². The lowest BCUT2D eigenvalue weighted by Gasteiger charge is -2.25. The largest absolute Gasteiger partial charge is 0.469 e. The average Bonchev–Trinajstić information content (AvgIpc) is 3.10. The number of aliphatic hydroxyl groups excluding tert-OH is 2. The molecule has 2 N–H and O–H groups in total. The summed E-state index contributed by atoms with van der Waals surface area (Å²) in [5.41, 5.74) is 4.26. The first-order valence-electron chi connectivity index (χ1n) is 12.2. The van der Waals surface area contributed by atoms with Crippen LogP contribution >= 0.6 is 11.6 Å². The minimum absolute atomic E-state index is 0.0440. The van der Waals surface area contributed by atoms with Crippen LogP contribution in [0.4, 0.5) is 0 Å². The van der Waals surface area contributed by atoms with Gasteiger partial charge >= 0.3 is 5.97 Å². The van der Waals surface area contributed by atoms with E-state index in [2.05, 4.69) is 19.1 Å². The molecule has 180 valence electrons. The average molecular weight is 473 g/mol. The van der Waals surface area contributed by atoms with Gasteiger partial charge in [-0.1, -0.05) is 74.7 Å². The molecule has 3 rings (SSSR count). The third kappa shape index (κ3) is 7.05. The van der Waals surface area contributed by atoms with Crippen molar-refractivity contribution in [3.05, 3.63) is 70.8 Å². The predicted molar refractivity (Wildman–Crippen MR) is 133 cm³/mol. The number of hydrogen-bond donors (Lipinski definition) is 2. The van der Waals surface area contributed by atoms with Crippen molar-refractivity contribution in [2.75, 3.05) is 7.11 Å². The number of halogens is 1. The van der Waals surface area contributed by atoms with Gasteiger partial charge in [0.1, 0.15) is 0 Å². The van der Waals surface area contributed by atoms with Gasteiger partial charge in [-0.25, -0.2) is 0 Å². The van der Waals surface area contributed by atoms with Crippen molar-refractivity contribution >= 4 is 17.6 Å². The van der Waals surface area contributed by atoms with Gasteiger partial charge in [-0.3, -0.25) is 4.79 Å². The molecular formula is C28H37ClO4. The van der Waals surface area contributed by atoms with E-state index in [0.717, 1.165) is 54.4 Å². The molecule has 0 spiro atoms. The summed E-state index contributed by atoms with van der Waals surface area (Å²) in [4.78, 5) is 11.5. The van der Waals surface area contributed by atoms with Crippen LogP contribution in [0, 0.1) is 5.92 Å². The number of hydrogen-bond acceptors (Lipinski definition) is 4. The third-order valence-corrected chi connectivity index (χ3v) is 7.40. The van der Waals surface area contributed by atoms with Crippen LogP contribution in [0.15, 0.2) is 48.5 Å². The molecule has 1 saturated carbocycles. The summed E-state index contributed by atoms with van der Waals surface area (Å²) in [5.74, 6) is -0.144. The van der Waals surface area contributed by atoms with Gasteiger partial charge < -0.3 is 14.9 Å². The molecule has 0 radical (unpaired) electrons. The Labute approximate surface area is 202 Å². The highest BCUT2D eigenvalue weighted by Gasteiger charge is 2.42. The van der Waals surface area contributed by atoms with Gasteiger partial charge in [0.2, 0.25) is 0 Å². The Kier molecular flexibility index (Phi) is 9.78. The monoisotopic (exact) mass is 472 g/mol. The van der Waals surface area contributed by atoms with Gasteiger partial charge in [-0.2, -0.15) is 0 Å². The summed E-state index contributed by atoms with van der Waals surface area (Å²) < 4.78 is 4.75. The summed E-state index contributed by atoms with van der Waals surface area (Å²) >= 11 is 6.72. The molecule has 1 unspecified atom stereocenters. The lowest BCUT2D eigenvalue weighted by atomic mass is 9.83. The number of carbonyl (C=O) groups is 1. The molecule has 33 heavy (non-hydrogen) atoms. The van der Waals surface area contributed by atoms with E-state index >= 15 is 0 Å². The van der Waals surface area contributed by atoms with E-state index in [1.807, 2.05) is 36.4 Å². The van der Waals surface area contributed by atoms with Crippen molar-refractivity contribution < 1.29 is 19.7 Å². The van der Waals surface area contributed by atoms with E-state index in [1.54, 1.807) is 0 Å². The zero-order valence-corrected chi connectivity index (χ0v) is 20.5. The highest BCUT2D eigenvalue weighted by atomic mass is 35.5. The molecule has 1 fully saturated rings. The number of unbranched alkanes of at least 4 members (excludes halogenated alkanes) is 2. The Hall–Kier alpha value is -1.88. The quantitative estimate of drug-likeness (QED) is 0.249. The minimum Gasteiger partial charge on any atom is -0.469 e. The Bertz CT molecular complexity index is 882. The fourth-order valence-corrected chi connectivity index (χ4v) is 5.44. The van der Waals surface area contributed by atoms with Crippen LogP contribution in [-0.4, -0.2) is 34.8 Å². The van der Waals surface area contributed by atoms with Crippen LogP contribution in [0.1, 0.15) is 79.7 Å². The van der Waals surface area contributed by atoms with E-state index in [1.165, 1.54) is 7.11 Å². The number of carbonyl (C=O) groups excluding carboxylic acids is 1. The molecular weight excluding hydrogens is 436 g/mol. The summed E-state index contributed by atoms with van der Waals surface area (Å²) in [6, 6.07) is 16.3. The summed E-state index contributed by atoms with van der Waals surface area (Å²) in [6.45, 7) is 2.16. The molecule has 2 aromatic carbocycles. The minimum atomic E-state index is -0.486. The van der Waals surface area contributed by atoms with Crippen molar-refractivity contribution in [3.63, 3.8) is 0 Å². The van der Waals surface area contributed by atoms with Crippen molar-refractivity contribution in [1.29, 1.82) is 0 Å². The lowest BCUT2D eigenvalue weighted by molar-refractivity contribution is -0.140. The molecule has 0 aromatic heterocycles. The molecule has 0 bridgehead atoms. The zero-order chi connectivity index (χ0) is 23.8. The zero-order valence-electron chi connectivity index (χ0n) is 19.8. The van der Waals surface area contributed by atoms with E-state index < -0.39 is 12.2 Å². The number of esters is 1. The Morgan fingerprint density at radius 2 is 1.88 bits per heavy atom.